The molecule has 6 heteroatoms. The second-order valence-electron chi connectivity index (χ2n) is 8.81. The third-order valence-electron chi connectivity index (χ3n) is 5.27. The third kappa shape index (κ3) is 5.59. The van der Waals surface area contributed by atoms with Crippen molar-refractivity contribution in [3.05, 3.63) is 0 Å². The molecule has 1 fully saturated rings. The molecular formula is C19H35NO5. The number of amides is 1. The standard InChI is InChI=1S/C19H35NO5/c1-12(2)14-8-7-13(3)11-15(14)19(9-10-21,16(22)23)20-17(24)25-18(4,5)6/h12-15,21H,7-11H2,1-6H3,(H,20,24)(H,22,23)/t13-,14+,15-,19-/m1/s1. The van der Waals surface area contributed by atoms with Crippen LogP contribution in [0.15, 0.2) is 0 Å². The van der Waals surface area contributed by atoms with E-state index in [1.54, 1.807) is 20.8 Å². The van der Waals surface area contributed by atoms with E-state index in [9.17, 15) is 19.8 Å². The lowest BCUT2D eigenvalue weighted by molar-refractivity contribution is -0.151. The normalized spacial score (nSPS) is 26.8. The van der Waals surface area contributed by atoms with Crippen molar-refractivity contribution < 1.29 is 24.5 Å². The third-order valence-corrected chi connectivity index (χ3v) is 5.27. The fraction of sp³-hybridized carbons (Fsp3) is 0.895. The Morgan fingerprint density at radius 1 is 1.24 bits per heavy atom. The monoisotopic (exact) mass is 357 g/mol. The largest absolute Gasteiger partial charge is 0.479 e. The highest BCUT2D eigenvalue weighted by molar-refractivity contribution is 5.85. The smallest absolute Gasteiger partial charge is 0.408 e. The van der Waals surface area contributed by atoms with E-state index in [0.717, 1.165) is 12.8 Å². The van der Waals surface area contributed by atoms with Crippen molar-refractivity contribution in [3.8, 4) is 0 Å². The molecule has 0 aromatic rings. The van der Waals surface area contributed by atoms with Crippen molar-refractivity contribution in [1.29, 1.82) is 0 Å². The number of carbonyl (C=O) groups is 2. The molecule has 146 valence electrons. The summed E-state index contributed by atoms with van der Waals surface area (Å²) in [5.41, 5.74) is -2.23. The van der Waals surface area contributed by atoms with E-state index >= 15 is 0 Å². The molecule has 4 atom stereocenters. The average molecular weight is 357 g/mol. The minimum Gasteiger partial charge on any atom is -0.479 e. The molecule has 1 saturated carbocycles. The molecule has 1 rings (SSSR count). The Morgan fingerprint density at radius 3 is 2.28 bits per heavy atom. The maximum atomic E-state index is 12.4. The molecule has 0 aliphatic heterocycles. The van der Waals surface area contributed by atoms with Gasteiger partial charge in [-0.15, -0.1) is 0 Å². The van der Waals surface area contributed by atoms with Crippen molar-refractivity contribution >= 4 is 12.1 Å². The summed E-state index contributed by atoms with van der Waals surface area (Å²) in [6.45, 7) is 11.2. The van der Waals surface area contributed by atoms with Crippen molar-refractivity contribution in [2.45, 2.75) is 78.4 Å². The Bertz CT molecular complexity index is 471. The summed E-state index contributed by atoms with van der Waals surface area (Å²) >= 11 is 0. The van der Waals surface area contributed by atoms with Gasteiger partial charge in [0.1, 0.15) is 11.1 Å². The van der Waals surface area contributed by atoms with Gasteiger partial charge in [0.2, 0.25) is 0 Å². The first-order valence-corrected chi connectivity index (χ1v) is 9.28. The minimum absolute atomic E-state index is 0.0256. The Kier molecular flexibility index (Phi) is 7.29. The highest BCUT2D eigenvalue weighted by Crippen LogP contribution is 2.45. The van der Waals surface area contributed by atoms with Gasteiger partial charge in [0.25, 0.3) is 0 Å². The van der Waals surface area contributed by atoms with E-state index in [-0.39, 0.29) is 24.9 Å². The summed E-state index contributed by atoms with van der Waals surface area (Å²) in [7, 11) is 0. The molecule has 3 N–H and O–H groups in total. The van der Waals surface area contributed by atoms with E-state index in [0.29, 0.717) is 18.3 Å². The quantitative estimate of drug-likeness (QED) is 0.677. The number of hydrogen-bond donors (Lipinski definition) is 3. The highest BCUT2D eigenvalue weighted by atomic mass is 16.6. The molecule has 0 aromatic carbocycles. The van der Waals surface area contributed by atoms with Gasteiger partial charge in [0.15, 0.2) is 0 Å². The molecule has 0 spiro atoms. The Morgan fingerprint density at radius 2 is 1.84 bits per heavy atom. The zero-order valence-corrected chi connectivity index (χ0v) is 16.5. The SMILES string of the molecule is CC(C)[C@@H]1CC[C@@H](C)C[C@H]1[C@@](CCO)(NC(=O)OC(C)(C)C)C(=O)O. The summed E-state index contributed by atoms with van der Waals surface area (Å²) < 4.78 is 5.31. The van der Waals surface area contributed by atoms with Crippen LogP contribution in [0.25, 0.3) is 0 Å². The summed E-state index contributed by atoms with van der Waals surface area (Å²) in [5.74, 6) is -0.479. The Hall–Kier alpha value is -1.30. The van der Waals surface area contributed by atoms with Crippen LogP contribution in [-0.2, 0) is 9.53 Å². The van der Waals surface area contributed by atoms with Crippen LogP contribution in [0, 0.1) is 23.7 Å². The molecule has 1 aliphatic carbocycles. The van der Waals surface area contributed by atoms with Crippen LogP contribution in [-0.4, -0.2) is 40.0 Å². The maximum absolute atomic E-state index is 12.4. The summed E-state index contributed by atoms with van der Waals surface area (Å²) in [6.07, 6.45) is 1.93. The van der Waals surface area contributed by atoms with Crippen molar-refractivity contribution in [3.63, 3.8) is 0 Å². The first-order chi connectivity index (χ1) is 11.4. The lowest BCUT2D eigenvalue weighted by atomic mass is 9.61. The zero-order chi connectivity index (χ0) is 19.4. The second kappa shape index (κ2) is 8.39. The van der Waals surface area contributed by atoms with E-state index in [1.165, 1.54) is 0 Å². The van der Waals surface area contributed by atoms with E-state index in [1.807, 2.05) is 0 Å². The van der Waals surface area contributed by atoms with Crippen LogP contribution >= 0.6 is 0 Å². The van der Waals surface area contributed by atoms with Crippen LogP contribution in [0.1, 0.15) is 67.2 Å². The molecule has 0 radical (unpaired) electrons. The molecule has 1 amide bonds. The highest BCUT2D eigenvalue weighted by Gasteiger charge is 2.52. The number of hydrogen-bond acceptors (Lipinski definition) is 4. The molecule has 0 heterocycles. The van der Waals surface area contributed by atoms with Gasteiger partial charge in [-0.1, -0.05) is 27.2 Å². The molecule has 0 unspecified atom stereocenters. The number of carbonyl (C=O) groups excluding carboxylic acids is 1. The van der Waals surface area contributed by atoms with Crippen LogP contribution in [0.3, 0.4) is 0 Å². The number of nitrogens with one attached hydrogen (secondary N) is 1. The fourth-order valence-corrected chi connectivity index (χ4v) is 4.09. The van der Waals surface area contributed by atoms with Gasteiger partial charge in [-0.2, -0.15) is 0 Å². The van der Waals surface area contributed by atoms with E-state index < -0.39 is 23.2 Å². The fourth-order valence-electron chi connectivity index (χ4n) is 4.09. The van der Waals surface area contributed by atoms with Crippen LogP contribution in [0.5, 0.6) is 0 Å². The van der Waals surface area contributed by atoms with Crippen molar-refractivity contribution in [1.82, 2.24) is 5.32 Å². The minimum atomic E-state index is -1.51. The van der Waals surface area contributed by atoms with Crippen molar-refractivity contribution in [2.24, 2.45) is 23.7 Å². The first-order valence-electron chi connectivity index (χ1n) is 9.28. The topological polar surface area (TPSA) is 95.9 Å². The van der Waals surface area contributed by atoms with Gasteiger partial charge >= 0.3 is 12.1 Å². The average Bonchev–Trinajstić information content (AvgIpc) is 2.43. The number of carboxylic acids is 1. The van der Waals surface area contributed by atoms with Gasteiger partial charge in [-0.25, -0.2) is 9.59 Å². The molecule has 0 aromatic heterocycles. The number of ether oxygens (including phenoxy) is 1. The van der Waals surface area contributed by atoms with E-state index in [2.05, 4.69) is 26.1 Å². The number of aliphatic hydroxyl groups is 1. The Balaban J connectivity index is 3.24. The molecular weight excluding hydrogens is 322 g/mol. The van der Waals surface area contributed by atoms with E-state index in [4.69, 9.17) is 4.74 Å². The van der Waals surface area contributed by atoms with Gasteiger partial charge in [0.05, 0.1) is 0 Å². The molecule has 25 heavy (non-hydrogen) atoms. The number of aliphatic hydroxyl groups excluding tert-OH is 1. The maximum Gasteiger partial charge on any atom is 0.408 e. The summed E-state index contributed by atoms with van der Waals surface area (Å²) in [4.78, 5) is 24.7. The lowest BCUT2D eigenvalue weighted by Crippen LogP contribution is -2.63. The Labute approximate surface area is 151 Å². The lowest BCUT2D eigenvalue weighted by Gasteiger charge is -2.47. The second-order valence-corrected chi connectivity index (χ2v) is 8.81. The predicted octanol–water partition coefficient (Wildman–Crippen LogP) is 3.43. The van der Waals surface area contributed by atoms with Gasteiger partial charge < -0.3 is 20.3 Å². The number of rotatable bonds is 6. The number of alkyl carbamates (subject to hydrolysis) is 1. The van der Waals surface area contributed by atoms with Gasteiger partial charge in [0, 0.05) is 13.0 Å². The summed E-state index contributed by atoms with van der Waals surface area (Å²) in [5, 5.41) is 22.3. The van der Waals surface area contributed by atoms with Crippen LogP contribution in [0.4, 0.5) is 4.79 Å². The molecule has 1 aliphatic rings. The molecule has 6 nitrogen and oxygen atoms in total. The van der Waals surface area contributed by atoms with Crippen molar-refractivity contribution in [2.75, 3.05) is 6.61 Å². The van der Waals surface area contributed by atoms with Crippen LogP contribution < -0.4 is 5.32 Å². The first kappa shape index (κ1) is 21.7. The molecule has 0 saturated heterocycles. The zero-order valence-electron chi connectivity index (χ0n) is 16.5. The molecule has 0 bridgehead atoms. The van der Waals surface area contributed by atoms with Gasteiger partial charge in [-0.05, 0) is 57.3 Å². The van der Waals surface area contributed by atoms with Gasteiger partial charge in [-0.3, -0.25) is 0 Å². The number of carboxylic acid groups (broad SMARTS) is 1. The van der Waals surface area contributed by atoms with Crippen LogP contribution in [0.2, 0.25) is 0 Å². The summed E-state index contributed by atoms with van der Waals surface area (Å²) in [6, 6.07) is 0. The predicted molar refractivity (Wildman–Crippen MR) is 96.3 cm³/mol. The number of aliphatic carboxylic acids is 1.